The first-order valence-electron chi connectivity index (χ1n) is 2.95. The summed E-state index contributed by atoms with van der Waals surface area (Å²) < 4.78 is 0.718. The quantitative estimate of drug-likeness (QED) is 0.418. The molecule has 3 N–H and O–H groups in total. The summed E-state index contributed by atoms with van der Waals surface area (Å²) in [5.74, 6) is 7.69. The van der Waals surface area contributed by atoms with Gasteiger partial charge in [-0.2, -0.15) is 0 Å². The second-order valence-corrected chi connectivity index (χ2v) is 3.65. The molecule has 1 rings (SSSR count). The summed E-state index contributed by atoms with van der Waals surface area (Å²) in [7, 11) is 0. The first kappa shape index (κ1) is 8.57. The van der Waals surface area contributed by atoms with Crippen LogP contribution >= 0.6 is 22.9 Å². The van der Waals surface area contributed by atoms with Crippen LogP contribution in [0.5, 0.6) is 0 Å². The average Bonchev–Trinajstić information content (AvgIpc) is 2.39. The van der Waals surface area contributed by atoms with E-state index in [2.05, 4.69) is 11.3 Å². The van der Waals surface area contributed by atoms with E-state index in [0.29, 0.717) is 0 Å². The molecule has 0 amide bonds. The highest BCUT2D eigenvalue weighted by molar-refractivity contribution is 7.16. The zero-order valence-electron chi connectivity index (χ0n) is 5.67. The lowest BCUT2D eigenvalue weighted by molar-refractivity contribution is 0.684. The third kappa shape index (κ3) is 1.95. The molecule has 0 aliphatic rings. The van der Waals surface area contributed by atoms with Crippen molar-refractivity contribution in [2.75, 3.05) is 0 Å². The Morgan fingerprint density at radius 1 is 1.73 bits per heavy atom. The van der Waals surface area contributed by atoms with E-state index in [1.165, 1.54) is 11.3 Å². The van der Waals surface area contributed by atoms with Gasteiger partial charge < -0.3 is 0 Å². The fourth-order valence-electron chi connectivity index (χ4n) is 0.696. The van der Waals surface area contributed by atoms with E-state index in [1.54, 1.807) is 6.07 Å². The van der Waals surface area contributed by atoms with Crippen LogP contribution in [0.2, 0.25) is 4.34 Å². The van der Waals surface area contributed by atoms with E-state index in [1.807, 2.05) is 6.07 Å². The van der Waals surface area contributed by atoms with Crippen molar-refractivity contribution >= 4 is 22.9 Å². The van der Waals surface area contributed by atoms with Gasteiger partial charge in [0.15, 0.2) is 0 Å². The van der Waals surface area contributed by atoms with Gasteiger partial charge in [-0.1, -0.05) is 17.5 Å². The Balaban J connectivity index is 2.84. The Bertz CT molecular complexity index is 276. The van der Waals surface area contributed by atoms with Gasteiger partial charge in [-0.15, -0.1) is 17.8 Å². The van der Waals surface area contributed by atoms with Crippen molar-refractivity contribution in [2.24, 2.45) is 5.84 Å². The van der Waals surface area contributed by atoms with Gasteiger partial charge in [0.25, 0.3) is 0 Å². The molecule has 0 saturated carbocycles. The van der Waals surface area contributed by atoms with Crippen LogP contribution in [-0.4, -0.2) is 0 Å². The number of rotatable bonds is 2. The molecule has 0 aliphatic carbocycles. The van der Waals surface area contributed by atoms with Gasteiger partial charge in [0, 0.05) is 4.88 Å². The number of nitrogens with two attached hydrogens (primary N) is 1. The first-order valence-corrected chi connectivity index (χ1v) is 4.15. The number of halogens is 1. The summed E-state index contributed by atoms with van der Waals surface area (Å²) >= 11 is 7.13. The van der Waals surface area contributed by atoms with Crippen LogP contribution in [0.4, 0.5) is 0 Å². The van der Waals surface area contributed by atoms with Gasteiger partial charge in [0.1, 0.15) is 6.04 Å². The molecule has 1 aromatic rings. The van der Waals surface area contributed by atoms with Gasteiger partial charge in [-0.05, 0) is 12.1 Å². The lowest BCUT2D eigenvalue weighted by atomic mass is 10.3. The van der Waals surface area contributed by atoms with Gasteiger partial charge in [-0.3, -0.25) is 5.84 Å². The monoisotopic (exact) mass is 186 g/mol. The maximum atomic E-state index is 5.70. The first-order chi connectivity index (χ1) is 5.27. The van der Waals surface area contributed by atoms with Crippen LogP contribution < -0.4 is 11.3 Å². The van der Waals surface area contributed by atoms with Crippen LogP contribution in [0.3, 0.4) is 0 Å². The normalized spacial score (nSPS) is 12.5. The third-order valence-electron chi connectivity index (χ3n) is 1.21. The van der Waals surface area contributed by atoms with Crippen LogP contribution in [-0.2, 0) is 0 Å². The molecule has 0 aromatic carbocycles. The molecule has 4 heteroatoms. The molecular weight excluding hydrogens is 180 g/mol. The van der Waals surface area contributed by atoms with E-state index in [4.69, 9.17) is 23.9 Å². The highest BCUT2D eigenvalue weighted by atomic mass is 35.5. The van der Waals surface area contributed by atoms with E-state index in [-0.39, 0.29) is 6.04 Å². The molecule has 0 saturated heterocycles. The van der Waals surface area contributed by atoms with E-state index < -0.39 is 0 Å². The van der Waals surface area contributed by atoms with Crippen LogP contribution in [0.25, 0.3) is 0 Å². The van der Waals surface area contributed by atoms with Crippen molar-refractivity contribution in [1.82, 2.24) is 5.43 Å². The second kappa shape index (κ2) is 3.74. The topological polar surface area (TPSA) is 38.0 Å². The Morgan fingerprint density at radius 2 is 2.45 bits per heavy atom. The fraction of sp³-hybridized carbons (Fsp3) is 0.143. The molecule has 0 spiro atoms. The Labute approximate surface area is 74.3 Å². The lowest BCUT2D eigenvalue weighted by Gasteiger charge is -2.04. The van der Waals surface area contributed by atoms with E-state index >= 15 is 0 Å². The van der Waals surface area contributed by atoms with Gasteiger partial charge in [-0.25, -0.2) is 5.43 Å². The predicted octanol–water partition coefficient (Wildman–Crippen LogP) is 1.54. The molecule has 58 valence electrons. The molecule has 1 unspecified atom stereocenters. The van der Waals surface area contributed by atoms with Crippen molar-refractivity contribution in [3.8, 4) is 12.3 Å². The molecule has 1 aromatic heterocycles. The number of hydrogen-bond acceptors (Lipinski definition) is 3. The van der Waals surface area contributed by atoms with E-state index in [0.717, 1.165) is 9.21 Å². The zero-order chi connectivity index (χ0) is 8.27. The Hall–Kier alpha value is -0.530. The largest absolute Gasteiger partial charge is 0.270 e. The lowest BCUT2D eigenvalue weighted by Crippen LogP contribution is -2.25. The minimum absolute atomic E-state index is 0.229. The highest BCUT2D eigenvalue weighted by Gasteiger charge is 2.07. The minimum Gasteiger partial charge on any atom is -0.270 e. The van der Waals surface area contributed by atoms with E-state index in [9.17, 15) is 0 Å². The molecule has 1 atom stereocenters. The summed E-state index contributed by atoms with van der Waals surface area (Å²) in [5, 5.41) is 0. The van der Waals surface area contributed by atoms with Crippen molar-refractivity contribution in [2.45, 2.75) is 6.04 Å². The summed E-state index contributed by atoms with van der Waals surface area (Å²) in [4.78, 5) is 0.958. The average molecular weight is 187 g/mol. The van der Waals surface area contributed by atoms with Gasteiger partial charge in [0.05, 0.1) is 4.34 Å². The molecule has 1 heterocycles. The highest BCUT2D eigenvalue weighted by Crippen LogP contribution is 2.25. The number of hydrogen-bond donors (Lipinski definition) is 2. The smallest absolute Gasteiger partial charge is 0.116 e. The molecule has 0 fully saturated rings. The number of thiophene rings is 1. The van der Waals surface area contributed by atoms with Gasteiger partial charge in [0.2, 0.25) is 0 Å². The van der Waals surface area contributed by atoms with Crippen molar-refractivity contribution in [3.05, 3.63) is 21.3 Å². The SMILES string of the molecule is C#CC(NN)c1ccc(Cl)s1. The van der Waals surface area contributed by atoms with Crippen LogP contribution in [0.15, 0.2) is 12.1 Å². The van der Waals surface area contributed by atoms with Crippen molar-refractivity contribution < 1.29 is 0 Å². The number of nitrogens with one attached hydrogen (secondary N) is 1. The second-order valence-electron chi connectivity index (χ2n) is 1.91. The maximum Gasteiger partial charge on any atom is 0.116 e. The number of terminal acetylenes is 1. The standard InChI is InChI=1S/C7H7ClN2S/c1-2-5(10-9)6-3-4-7(8)11-6/h1,3-5,10H,9H2. The summed E-state index contributed by atoms with van der Waals surface area (Å²) in [6.07, 6.45) is 5.20. The Morgan fingerprint density at radius 3 is 2.82 bits per heavy atom. The molecule has 0 radical (unpaired) electrons. The molecular formula is C7H7ClN2S. The summed E-state index contributed by atoms with van der Waals surface area (Å²) in [6, 6.07) is 3.42. The Kier molecular flexibility index (Phi) is 2.92. The van der Waals surface area contributed by atoms with Crippen molar-refractivity contribution in [3.63, 3.8) is 0 Å². The molecule has 0 bridgehead atoms. The summed E-state index contributed by atoms with van der Waals surface area (Å²) in [6.45, 7) is 0. The van der Waals surface area contributed by atoms with Crippen molar-refractivity contribution in [1.29, 1.82) is 0 Å². The van der Waals surface area contributed by atoms with Gasteiger partial charge >= 0.3 is 0 Å². The van der Waals surface area contributed by atoms with Crippen LogP contribution in [0.1, 0.15) is 10.9 Å². The molecule has 2 nitrogen and oxygen atoms in total. The zero-order valence-corrected chi connectivity index (χ0v) is 7.25. The maximum absolute atomic E-state index is 5.70. The fourth-order valence-corrected chi connectivity index (χ4v) is 1.78. The molecule has 11 heavy (non-hydrogen) atoms. The molecule has 0 aliphatic heterocycles. The summed E-state index contributed by atoms with van der Waals surface area (Å²) in [5.41, 5.74) is 2.50. The minimum atomic E-state index is -0.229. The number of hydrazine groups is 1. The van der Waals surface area contributed by atoms with Crippen LogP contribution in [0, 0.1) is 12.3 Å². The predicted molar refractivity (Wildman–Crippen MR) is 48.2 cm³/mol. The third-order valence-corrected chi connectivity index (χ3v) is 2.51.